The molecule has 1 aliphatic heterocycles. The molecule has 28 heavy (non-hydrogen) atoms. The average molecular weight is 420 g/mol. The molecule has 1 aromatic heterocycles. The van der Waals surface area contributed by atoms with E-state index in [0.717, 1.165) is 10.6 Å². The van der Waals surface area contributed by atoms with Gasteiger partial charge in [-0.3, -0.25) is 4.79 Å². The highest BCUT2D eigenvalue weighted by Crippen LogP contribution is 2.27. The van der Waals surface area contributed by atoms with Gasteiger partial charge in [0.2, 0.25) is 10.0 Å². The van der Waals surface area contributed by atoms with E-state index in [1.807, 2.05) is 30.3 Å². The smallest absolute Gasteiger partial charge is 0.265 e. The molecule has 1 saturated heterocycles. The number of hydrogen-bond donors (Lipinski definition) is 0. The van der Waals surface area contributed by atoms with Gasteiger partial charge in [-0.1, -0.05) is 51.1 Å². The van der Waals surface area contributed by atoms with Crippen LogP contribution in [0.25, 0.3) is 6.08 Å². The monoisotopic (exact) mass is 419 g/mol. The highest BCUT2D eigenvalue weighted by Gasteiger charge is 2.29. The van der Waals surface area contributed by atoms with Crippen molar-refractivity contribution in [3.63, 3.8) is 0 Å². The Labute approximate surface area is 170 Å². The summed E-state index contributed by atoms with van der Waals surface area (Å²) in [6, 6.07) is 9.31. The number of thiazole rings is 1. The van der Waals surface area contributed by atoms with Gasteiger partial charge in [-0.05, 0) is 11.6 Å². The van der Waals surface area contributed by atoms with Crippen molar-refractivity contribution in [3.05, 3.63) is 57.4 Å². The third-order valence-corrected chi connectivity index (χ3v) is 7.45. The van der Waals surface area contributed by atoms with E-state index in [4.69, 9.17) is 0 Å². The molecule has 0 aliphatic carbocycles. The van der Waals surface area contributed by atoms with Crippen LogP contribution >= 0.6 is 11.3 Å². The minimum Gasteiger partial charge on any atom is -0.335 e. The Balaban J connectivity index is 1.61. The van der Waals surface area contributed by atoms with Crippen LogP contribution in [0.15, 0.2) is 41.9 Å². The maximum atomic E-state index is 12.7. The van der Waals surface area contributed by atoms with Crippen molar-refractivity contribution in [2.24, 2.45) is 0 Å². The molecule has 0 radical (unpaired) electrons. The molecule has 6 nitrogen and oxygen atoms in total. The van der Waals surface area contributed by atoms with Crippen LogP contribution in [0, 0.1) is 0 Å². The van der Waals surface area contributed by atoms with Crippen molar-refractivity contribution in [2.75, 3.05) is 26.2 Å². The zero-order valence-corrected chi connectivity index (χ0v) is 18.0. The lowest BCUT2D eigenvalue weighted by Crippen LogP contribution is -2.49. The lowest BCUT2D eigenvalue weighted by molar-refractivity contribution is 0.0703. The number of amides is 1. The first-order valence-electron chi connectivity index (χ1n) is 9.16. The molecule has 3 rings (SSSR count). The second-order valence-corrected chi connectivity index (χ2v) is 10.6. The Hall–Kier alpha value is -2.03. The van der Waals surface area contributed by atoms with E-state index >= 15 is 0 Å². The van der Waals surface area contributed by atoms with E-state index < -0.39 is 10.0 Å². The van der Waals surface area contributed by atoms with Crippen LogP contribution in [-0.4, -0.2) is 54.7 Å². The third kappa shape index (κ3) is 4.87. The zero-order chi connectivity index (χ0) is 20.4. The van der Waals surface area contributed by atoms with Crippen LogP contribution in [0.4, 0.5) is 0 Å². The number of nitrogens with zero attached hydrogens (tertiary/aromatic N) is 3. The number of rotatable bonds is 4. The lowest BCUT2D eigenvalue weighted by Gasteiger charge is -2.33. The lowest BCUT2D eigenvalue weighted by atomic mass is 9.98. The van der Waals surface area contributed by atoms with Crippen molar-refractivity contribution in [2.45, 2.75) is 26.2 Å². The summed E-state index contributed by atoms with van der Waals surface area (Å²) in [5.74, 6) is -0.0788. The van der Waals surface area contributed by atoms with E-state index in [-0.39, 0.29) is 24.4 Å². The van der Waals surface area contributed by atoms with Gasteiger partial charge in [0.15, 0.2) is 0 Å². The summed E-state index contributed by atoms with van der Waals surface area (Å²) in [6.07, 6.45) is 3.22. The normalized spacial score (nSPS) is 16.6. The molecule has 1 amide bonds. The molecule has 0 spiro atoms. The number of hydrogen-bond acceptors (Lipinski definition) is 5. The minimum atomic E-state index is -3.51. The summed E-state index contributed by atoms with van der Waals surface area (Å²) in [6.45, 7) is 7.52. The molecule has 0 N–H and O–H groups in total. The summed E-state index contributed by atoms with van der Waals surface area (Å²) in [5, 5.41) is 2.15. The van der Waals surface area contributed by atoms with Crippen molar-refractivity contribution in [1.82, 2.24) is 14.2 Å². The van der Waals surface area contributed by atoms with E-state index in [2.05, 4.69) is 25.8 Å². The molecule has 0 bridgehead atoms. The summed E-state index contributed by atoms with van der Waals surface area (Å²) in [4.78, 5) is 19.4. The number of carbonyl (C=O) groups is 1. The molecule has 2 heterocycles. The molecule has 0 saturated carbocycles. The predicted molar refractivity (Wildman–Crippen MR) is 113 cm³/mol. The van der Waals surface area contributed by atoms with Crippen molar-refractivity contribution in [1.29, 1.82) is 0 Å². The van der Waals surface area contributed by atoms with Crippen LogP contribution < -0.4 is 0 Å². The quantitative estimate of drug-likeness (QED) is 0.763. The Kier molecular flexibility index (Phi) is 6.02. The van der Waals surface area contributed by atoms with Gasteiger partial charge >= 0.3 is 0 Å². The highest BCUT2D eigenvalue weighted by molar-refractivity contribution is 7.92. The first kappa shape index (κ1) is 20.7. The summed E-state index contributed by atoms with van der Waals surface area (Å²) >= 11 is 1.41. The summed E-state index contributed by atoms with van der Waals surface area (Å²) in [5.41, 5.74) is 0.737. The van der Waals surface area contributed by atoms with Crippen molar-refractivity contribution in [3.8, 4) is 0 Å². The average Bonchev–Trinajstić information content (AvgIpc) is 3.18. The van der Waals surface area contributed by atoms with Crippen LogP contribution in [-0.2, 0) is 15.4 Å². The second-order valence-electron chi connectivity index (χ2n) is 7.73. The molecule has 8 heteroatoms. The Morgan fingerprint density at radius 1 is 1.11 bits per heavy atom. The Morgan fingerprint density at radius 3 is 2.32 bits per heavy atom. The van der Waals surface area contributed by atoms with Gasteiger partial charge < -0.3 is 4.90 Å². The molecular formula is C20H25N3O3S2. The molecule has 0 atom stereocenters. The van der Waals surface area contributed by atoms with Crippen LogP contribution in [0.3, 0.4) is 0 Å². The Morgan fingerprint density at radius 2 is 1.75 bits per heavy atom. The van der Waals surface area contributed by atoms with Gasteiger partial charge in [0.1, 0.15) is 4.88 Å². The Bertz CT molecular complexity index is 952. The van der Waals surface area contributed by atoms with Gasteiger partial charge in [0.25, 0.3) is 5.91 Å². The number of aromatic nitrogens is 1. The van der Waals surface area contributed by atoms with Gasteiger partial charge in [-0.25, -0.2) is 13.4 Å². The predicted octanol–water partition coefficient (Wildman–Crippen LogP) is 3.20. The first-order valence-corrected chi connectivity index (χ1v) is 11.5. The van der Waals surface area contributed by atoms with E-state index in [0.29, 0.717) is 18.0 Å². The van der Waals surface area contributed by atoms with Gasteiger partial charge in [-0.15, -0.1) is 11.3 Å². The van der Waals surface area contributed by atoms with E-state index in [1.165, 1.54) is 21.1 Å². The fraction of sp³-hybridized carbons (Fsp3) is 0.400. The fourth-order valence-corrected chi connectivity index (χ4v) is 4.95. The SMILES string of the molecule is CC(C)(C)c1ncc(C(=O)N2CCN(S(=O)(=O)/C=C/c3ccccc3)CC2)s1. The molecular weight excluding hydrogens is 394 g/mol. The van der Waals surface area contributed by atoms with Crippen molar-refractivity contribution < 1.29 is 13.2 Å². The summed E-state index contributed by atoms with van der Waals surface area (Å²) < 4.78 is 26.5. The fourth-order valence-electron chi connectivity index (χ4n) is 2.84. The standard InChI is InChI=1S/C20H25N3O3S2/c1-20(2,3)19-21-15-17(27-19)18(24)22-10-12-23(13-11-22)28(25,26)14-9-16-7-5-4-6-8-16/h4-9,14-15H,10-13H2,1-3H3/b14-9+. The molecule has 0 unspecified atom stereocenters. The molecule has 2 aromatic rings. The largest absolute Gasteiger partial charge is 0.335 e. The topological polar surface area (TPSA) is 70.6 Å². The van der Waals surface area contributed by atoms with Crippen LogP contribution in [0.1, 0.15) is 41.0 Å². The van der Waals surface area contributed by atoms with Gasteiger partial charge in [0, 0.05) is 37.0 Å². The number of carbonyl (C=O) groups excluding carboxylic acids is 1. The third-order valence-electron chi connectivity index (χ3n) is 4.48. The minimum absolute atomic E-state index is 0.0788. The van der Waals surface area contributed by atoms with Gasteiger partial charge in [0.05, 0.1) is 11.2 Å². The van der Waals surface area contributed by atoms with Crippen LogP contribution in [0.5, 0.6) is 0 Å². The molecule has 1 aromatic carbocycles. The summed E-state index contributed by atoms with van der Waals surface area (Å²) in [7, 11) is -3.51. The van der Waals surface area contributed by atoms with Crippen LogP contribution in [0.2, 0.25) is 0 Å². The number of sulfonamides is 1. The highest BCUT2D eigenvalue weighted by atomic mass is 32.2. The van der Waals surface area contributed by atoms with E-state index in [1.54, 1.807) is 17.2 Å². The zero-order valence-electron chi connectivity index (χ0n) is 16.3. The number of piperazine rings is 1. The number of benzene rings is 1. The van der Waals surface area contributed by atoms with Crippen molar-refractivity contribution >= 4 is 33.3 Å². The maximum Gasteiger partial charge on any atom is 0.265 e. The maximum absolute atomic E-state index is 12.7. The molecule has 150 valence electrons. The van der Waals surface area contributed by atoms with E-state index in [9.17, 15) is 13.2 Å². The molecule has 1 aliphatic rings. The molecule has 1 fully saturated rings. The second kappa shape index (κ2) is 8.14. The first-order chi connectivity index (χ1) is 13.2. The van der Waals surface area contributed by atoms with Gasteiger partial charge in [-0.2, -0.15) is 4.31 Å².